The minimum absolute atomic E-state index is 0.0295. The van der Waals surface area contributed by atoms with Crippen LogP contribution in [0, 0.1) is 15.5 Å². The Morgan fingerprint density at radius 1 is 1.50 bits per heavy atom. The van der Waals surface area contributed by atoms with Crippen LogP contribution >= 0.6 is 0 Å². The van der Waals surface area contributed by atoms with Crippen molar-refractivity contribution in [1.82, 2.24) is 4.98 Å². The van der Waals surface area contributed by atoms with Crippen LogP contribution in [0.2, 0.25) is 0 Å². The molecule has 0 aromatic carbocycles. The number of nitrogens with zero attached hydrogens (tertiary/aromatic N) is 3. The van der Waals surface area contributed by atoms with Gasteiger partial charge in [0, 0.05) is 19.2 Å². The van der Waals surface area contributed by atoms with E-state index in [1.165, 1.54) is 12.1 Å². The Hall–Kier alpha value is -1.85. The summed E-state index contributed by atoms with van der Waals surface area (Å²) < 4.78 is 0. The second-order valence-electron chi connectivity index (χ2n) is 5.53. The molecule has 1 aromatic rings. The van der Waals surface area contributed by atoms with Crippen LogP contribution in [0.3, 0.4) is 0 Å². The lowest BCUT2D eigenvalue weighted by Gasteiger charge is -2.38. The molecule has 1 fully saturated rings. The molecule has 98 valence electrons. The topological polar surface area (TPSA) is 85.3 Å². The Morgan fingerprint density at radius 3 is 2.83 bits per heavy atom. The van der Waals surface area contributed by atoms with Gasteiger partial charge in [0.2, 0.25) is 5.82 Å². The van der Waals surface area contributed by atoms with E-state index in [2.05, 4.69) is 18.8 Å². The first-order chi connectivity index (χ1) is 8.39. The molecule has 2 rings (SSSR count). The first-order valence-corrected chi connectivity index (χ1v) is 6.05. The van der Waals surface area contributed by atoms with Gasteiger partial charge >= 0.3 is 5.69 Å². The smallest absolute Gasteiger partial charge is 0.311 e. The Labute approximate surface area is 106 Å². The first-order valence-electron chi connectivity index (χ1n) is 6.05. The van der Waals surface area contributed by atoms with Gasteiger partial charge < -0.3 is 10.6 Å². The predicted molar refractivity (Wildman–Crippen MR) is 70.5 cm³/mol. The normalized spacial score (nSPS) is 18.7. The zero-order valence-electron chi connectivity index (χ0n) is 10.7. The number of nitrogen functional groups attached to an aromatic ring is 1. The molecule has 0 unspecified atom stereocenters. The summed E-state index contributed by atoms with van der Waals surface area (Å²) >= 11 is 0. The molecule has 0 bridgehead atoms. The molecular formula is C12H18N4O2. The molecule has 6 heteroatoms. The number of piperidine rings is 1. The zero-order chi connectivity index (χ0) is 13.3. The predicted octanol–water partition coefficient (Wildman–Crippen LogP) is 2.20. The molecule has 1 aliphatic rings. The van der Waals surface area contributed by atoms with Crippen molar-refractivity contribution in [3.8, 4) is 0 Å². The fraction of sp³-hybridized carbons (Fsp3) is 0.583. The van der Waals surface area contributed by atoms with Crippen LogP contribution in [0.15, 0.2) is 12.1 Å². The first kappa shape index (κ1) is 12.6. The van der Waals surface area contributed by atoms with Gasteiger partial charge in [-0.2, -0.15) is 0 Å². The van der Waals surface area contributed by atoms with E-state index >= 15 is 0 Å². The largest absolute Gasteiger partial charge is 0.384 e. The van der Waals surface area contributed by atoms with Crippen molar-refractivity contribution in [3.63, 3.8) is 0 Å². The number of anilines is 2. The Kier molecular flexibility index (Phi) is 3.11. The van der Waals surface area contributed by atoms with Crippen LogP contribution in [0.4, 0.5) is 17.3 Å². The van der Waals surface area contributed by atoms with E-state index in [1.807, 2.05) is 4.90 Å². The molecule has 0 amide bonds. The van der Waals surface area contributed by atoms with E-state index in [9.17, 15) is 10.1 Å². The molecule has 18 heavy (non-hydrogen) atoms. The van der Waals surface area contributed by atoms with Gasteiger partial charge in [-0.25, -0.2) is 4.98 Å². The maximum absolute atomic E-state index is 11.0. The second-order valence-corrected chi connectivity index (χ2v) is 5.53. The zero-order valence-corrected chi connectivity index (χ0v) is 10.7. The summed E-state index contributed by atoms with van der Waals surface area (Å²) in [5.74, 6) is 0.715. The highest BCUT2D eigenvalue weighted by molar-refractivity contribution is 5.61. The molecule has 6 nitrogen and oxygen atoms in total. The summed E-state index contributed by atoms with van der Waals surface area (Å²) in [6.07, 6.45) is 2.14. The van der Waals surface area contributed by atoms with Crippen LogP contribution in [-0.4, -0.2) is 23.0 Å². The van der Waals surface area contributed by atoms with E-state index < -0.39 is 4.92 Å². The third-order valence-electron chi connectivity index (χ3n) is 3.27. The van der Waals surface area contributed by atoms with Crippen molar-refractivity contribution in [2.24, 2.45) is 5.41 Å². The average molecular weight is 250 g/mol. The second kappa shape index (κ2) is 4.44. The number of rotatable bonds is 2. The van der Waals surface area contributed by atoms with Gasteiger partial charge in [-0.1, -0.05) is 13.8 Å². The minimum atomic E-state index is -0.399. The van der Waals surface area contributed by atoms with Crippen LogP contribution in [0.1, 0.15) is 26.7 Å². The van der Waals surface area contributed by atoms with Crippen LogP contribution in [0.25, 0.3) is 0 Å². The number of hydrogen-bond donors (Lipinski definition) is 1. The maximum Gasteiger partial charge on any atom is 0.311 e. The number of hydrogen-bond acceptors (Lipinski definition) is 5. The van der Waals surface area contributed by atoms with E-state index in [1.54, 1.807) is 0 Å². The molecule has 0 spiro atoms. The highest BCUT2D eigenvalue weighted by atomic mass is 16.6. The number of nitrogens with two attached hydrogens (primary N) is 1. The van der Waals surface area contributed by atoms with Crippen LogP contribution in [0.5, 0.6) is 0 Å². The molecule has 2 N–H and O–H groups in total. The Bertz CT molecular complexity index is 473. The fourth-order valence-electron chi connectivity index (χ4n) is 2.43. The number of aromatic nitrogens is 1. The van der Waals surface area contributed by atoms with Crippen molar-refractivity contribution in [2.45, 2.75) is 26.7 Å². The van der Waals surface area contributed by atoms with Gasteiger partial charge in [0.1, 0.15) is 5.82 Å². The molecule has 0 atom stereocenters. The highest BCUT2D eigenvalue weighted by Gasteiger charge is 2.30. The molecular weight excluding hydrogens is 232 g/mol. The van der Waals surface area contributed by atoms with Gasteiger partial charge in [-0.05, 0) is 24.3 Å². The van der Waals surface area contributed by atoms with Crippen LogP contribution < -0.4 is 10.6 Å². The Morgan fingerprint density at radius 2 is 2.22 bits per heavy atom. The summed E-state index contributed by atoms with van der Waals surface area (Å²) in [7, 11) is 0. The fourth-order valence-corrected chi connectivity index (χ4v) is 2.43. The minimum Gasteiger partial charge on any atom is -0.384 e. The lowest BCUT2D eigenvalue weighted by atomic mass is 9.84. The molecule has 2 heterocycles. The summed E-state index contributed by atoms with van der Waals surface area (Å²) in [4.78, 5) is 16.8. The van der Waals surface area contributed by atoms with Gasteiger partial charge in [-0.15, -0.1) is 0 Å². The van der Waals surface area contributed by atoms with Gasteiger partial charge in [0.05, 0.1) is 4.92 Å². The molecule has 0 saturated carbocycles. The lowest BCUT2D eigenvalue weighted by Crippen LogP contribution is -2.40. The van der Waals surface area contributed by atoms with Crippen molar-refractivity contribution in [1.29, 1.82) is 0 Å². The average Bonchev–Trinajstić information content (AvgIpc) is 2.27. The quantitative estimate of drug-likeness (QED) is 0.642. The van der Waals surface area contributed by atoms with Gasteiger partial charge in [-0.3, -0.25) is 10.1 Å². The van der Waals surface area contributed by atoms with E-state index in [0.29, 0.717) is 11.6 Å². The maximum atomic E-state index is 11.0. The van der Waals surface area contributed by atoms with Gasteiger partial charge in [0.25, 0.3) is 0 Å². The van der Waals surface area contributed by atoms with Gasteiger partial charge in [0.15, 0.2) is 0 Å². The molecule has 0 radical (unpaired) electrons. The standard InChI is InChI=1S/C12H18N4O2/c1-12(2)6-3-7-15(8-12)11-9(16(17)18)4-5-10(13)14-11/h4-5H,3,6-8H2,1-2H3,(H2,13,14). The number of pyridine rings is 1. The molecule has 1 aromatic heterocycles. The monoisotopic (exact) mass is 250 g/mol. The molecule has 1 saturated heterocycles. The van der Waals surface area contributed by atoms with Crippen molar-refractivity contribution >= 4 is 17.3 Å². The third-order valence-corrected chi connectivity index (χ3v) is 3.27. The van der Waals surface area contributed by atoms with Crippen molar-refractivity contribution < 1.29 is 4.92 Å². The molecule has 0 aliphatic carbocycles. The highest BCUT2D eigenvalue weighted by Crippen LogP contribution is 2.34. The Balaban J connectivity index is 2.37. The van der Waals surface area contributed by atoms with Crippen molar-refractivity contribution in [3.05, 3.63) is 22.2 Å². The molecule has 1 aliphatic heterocycles. The SMILES string of the molecule is CC1(C)CCCN(c2nc(N)ccc2[N+](=O)[O-])C1. The van der Waals surface area contributed by atoms with E-state index in [0.717, 1.165) is 25.9 Å². The van der Waals surface area contributed by atoms with E-state index in [4.69, 9.17) is 5.73 Å². The summed E-state index contributed by atoms with van der Waals surface area (Å²) in [6.45, 7) is 5.89. The van der Waals surface area contributed by atoms with Crippen molar-refractivity contribution in [2.75, 3.05) is 23.7 Å². The summed E-state index contributed by atoms with van der Waals surface area (Å²) in [5.41, 5.74) is 5.82. The van der Waals surface area contributed by atoms with E-state index in [-0.39, 0.29) is 11.1 Å². The lowest BCUT2D eigenvalue weighted by molar-refractivity contribution is -0.384. The van der Waals surface area contributed by atoms with Crippen LogP contribution in [-0.2, 0) is 0 Å². The third kappa shape index (κ3) is 2.52. The summed E-state index contributed by atoms with van der Waals surface area (Å²) in [5, 5.41) is 11.0. The number of nitro groups is 1. The summed E-state index contributed by atoms with van der Waals surface area (Å²) in [6, 6.07) is 2.90.